The van der Waals surface area contributed by atoms with Crippen molar-refractivity contribution >= 4 is 44.1 Å². The molecule has 2 aromatic heterocycles. The van der Waals surface area contributed by atoms with Gasteiger partial charge >= 0.3 is 0 Å². The minimum Gasteiger partial charge on any atom is -0.240 e. The largest absolute Gasteiger partial charge is 0.268 e. The summed E-state index contributed by atoms with van der Waals surface area (Å²) >= 11 is 12.1. The van der Waals surface area contributed by atoms with Crippen molar-refractivity contribution < 1.29 is 8.42 Å². The lowest BCUT2D eigenvalue weighted by molar-refractivity contribution is 0.589. The Labute approximate surface area is 173 Å². The van der Waals surface area contributed by atoms with Crippen molar-refractivity contribution in [1.82, 2.24) is 13.9 Å². The Morgan fingerprint density at radius 1 is 0.929 bits per heavy atom. The first kappa shape index (κ1) is 20.3. The van der Waals surface area contributed by atoms with Gasteiger partial charge in [0.05, 0.1) is 27.3 Å². The predicted octanol–water partition coefficient (Wildman–Crippen LogP) is 5.67. The van der Waals surface area contributed by atoms with E-state index in [9.17, 15) is 8.42 Å². The summed E-state index contributed by atoms with van der Waals surface area (Å²) in [5.41, 5.74) is 1.47. The zero-order valence-corrected chi connectivity index (χ0v) is 17.5. The quantitative estimate of drug-likeness (QED) is 0.390. The number of para-hydroxylation sites is 1. The summed E-state index contributed by atoms with van der Waals surface area (Å²) in [4.78, 5) is 8.21. The van der Waals surface area contributed by atoms with E-state index >= 15 is 0 Å². The molecule has 0 N–H and O–H groups in total. The lowest BCUT2D eigenvalue weighted by Crippen LogP contribution is -2.11. The van der Waals surface area contributed by atoms with E-state index in [1.54, 1.807) is 42.5 Å². The lowest BCUT2D eigenvalue weighted by Gasteiger charge is -2.07. The Balaban J connectivity index is 0.00000109. The molecule has 5 nitrogen and oxygen atoms in total. The van der Waals surface area contributed by atoms with Crippen LogP contribution in [0.25, 0.3) is 22.2 Å². The number of rotatable bonds is 3. The molecule has 0 saturated heterocycles. The molecule has 0 radical (unpaired) electrons. The molecular weight excluding hydrogens is 417 g/mol. The van der Waals surface area contributed by atoms with Gasteiger partial charge in [-0.05, 0) is 29.8 Å². The summed E-state index contributed by atoms with van der Waals surface area (Å²) in [7, 11) is -3.78. The van der Waals surface area contributed by atoms with Crippen molar-refractivity contribution in [2.45, 2.75) is 18.7 Å². The molecule has 0 aliphatic heterocycles. The summed E-state index contributed by atoms with van der Waals surface area (Å²) in [6, 6.07) is 15.4. The van der Waals surface area contributed by atoms with E-state index in [1.807, 2.05) is 26.0 Å². The number of hydrogen-bond donors (Lipinski definition) is 0. The summed E-state index contributed by atoms with van der Waals surface area (Å²) in [6.07, 6.45) is 2.90. The Bertz CT molecular complexity index is 1220. The van der Waals surface area contributed by atoms with Crippen LogP contribution in [0, 0.1) is 0 Å². The van der Waals surface area contributed by atoms with Gasteiger partial charge in [0.15, 0.2) is 0 Å². The maximum absolute atomic E-state index is 13.1. The highest BCUT2D eigenvalue weighted by molar-refractivity contribution is 7.90. The molecule has 0 amide bonds. The van der Waals surface area contributed by atoms with Crippen LogP contribution in [-0.4, -0.2) is 22.4 Å². The van der Waals surface area contributed by atoms with Gasteiger partial charge in [-0.1, -0.05) is 61.8 Å². The molecule has 4 rings (SSSR count). The first-order valence-electron chi connectivity index (χ1n) is 8.57. The van der Waals surface area contributed by atoms with Crippen molar-refractivity contribution in [2.75, 3.05) is 0 Å². The normalized spacial score (nSPS) is 11.1. The fourth-order valence-electron chi connectivity index (χ4n) is 2.78. The first-order chi connectivity index (χ1) is 13.5. The van der Waals surface area contributed by atoms with Crippen LogP contribution in [0.2, 0.25) is 10.3 Å². The van der Waals surface area contributed by atoms with Gasteiger partial charge in [0.2, 0.25) is 5.28 Å². The van der Waals surface area contributed by atoms with Crippen molar-refractivity contribution in [1.29, 1.82) is 0 Å². The van der Waals surface area contributed by atoms with Crippen molar-refractivity contribution in [3.8, 4) is 11.3 Å². The molecule has 0 aliphatic carbocycles. The van der Waals surface area contributed by atoms with E-state index in [0.29, 0.717) is 22.2 Å². The van der Waals surface area contributed by atoms with E-state index in [4.69, 9.17) is 23.2 Å². The van der Waals surface area contributed by atoms with Crippen molar-refractivity contribution in [2.24, 2.45) is 0 Å². The summed E-state index contributed by atoms with van der Waals surface area (Å²) < 4.78 is 27.5. The van der Waals surface area contributed by atoms with Crippen LogP contribution < -0.4 is 0 Å². The Morgan fingerprint density at radius 3 is 2.29 bits per heavy atom. The predicted molar refractivity (Wildman–Crippen MR) is 113 cm³/mol. The van der Waals surface area contributed by atoms with Gasteiger partial charge in [-0.15, -0.1) is 0 Å². The van der Waals surface area contributed by atoms with Gasteiger partial charge in [-0.25, -0.2) is 22.4 Å². The number of benzene rings is 2. The molecule has 0 unspecified atom stereocenters. The fraction of sp³-hybridized carbons (Fsp3) is 0.100. The monoisotopic (exact) mass is 433 g/mol. The molecule has 0 fully saturated rings. The van der Waals surface area contributed by atoms with E-state index in [-0.39, 0.29) is 15.2 Å². The third kappa shape index (κ3) is 3.63. The van der Waals surface area contributed by atoms with Crippen LogP contribution in [0.4, 0.5) is 0 Å². The molecule has 0 bridgehead atoms. The number of halogens is 2. The van der Waals surface area contributed by atoms with E-state index in [0.717, 1.165) is 0 Å². The summed E-state index contributed by atoms with van der Waals surface area (Å²) in [5, 5.41) is 1.02. The molecule has 28 heavy (non-hydrogen) atoms. The summed E-state index contributed by atoms with van der Waals surface area (Å²) in [6.45, 7) is 4.00. The second-order valence-corrected chi connectivity index (χ2v) is 8.07. The molecule has 0 spiro atoms. The average Bonchev–Trinajstić information content (AvgIpc) is 3.12. The SMILES string of the molecule is CC.O=S(=O)(c1ccccc1)n1cc(-c2nc(Cl)ncc2Cl)c2ccccc21. The smallest absolute Gasteiger partial charge is 0.240 e. The molecule has 0 saturated carbocycles. The topological polar surface area (TPSA) is 64.8 Å². The van der Waals surface area contributed by atoms with Crippen LogP contribution in [0.5, 0.6) is 0 Å². The zero-order chi connectivity index (χ0) is 20.3. The first-order valence-corrected chi connectivity index (χ1v) is 10.8. The number of nitrogens with zero attached hydrogens (tertiary/aromatic N) is 3. The Morgan fingerprint density at radius 2 is 1.57 bits per heavy atom. The molecule has 2 aromatic carbocycles. The highest BCUT2D eigenvalue weighted by Crippen LogP contribution is 2.35. The third-order valence-corrected chi connectivity index (χ3v) is 6.09. The second-order valence-electron chi connectivity index (χ2n) is 5.51. The zero-order valence-electron chi connectivity index (χ0n) is 15.2. The van der Waals surface area contributed by atoms with Crippen LogP contribution in [0.15, 0.2) is 71.9 Å². The standard InChI is InChI=1S/C18H11Cl2N3O2S.C2H6/c19-15-10-21-18(20)22-17(15)14-11-23(16-9-5-4-8-13(14)16)26(24,25)12-6-2-1-3-7-12;1-2/h1-11H;1-2H3. The highest BCUT2D eigenvalue weighted by Gasteiger charge is 2.23. The maximum atomic E-state index is 13.1. The van der Waals surface area contributed by atoms with Gasteiger partial charge in [-0.2, -0.15) is 0 Å². The van der Waals surface area contributed by atoms with Crippen LogP contribution >= 0.6 is 23.2 Å². The van der Waals surface area contributed by atoms with Gasteiger partial charge in [-0.3, -0.25) is 0 Å². The minimum absolute atomic E-state index is 0.0344. The van der Waals surface area contributed by atoms with Crippen LogP contribution in [-0.2, 0) is 10.0 Å². The molecule has 144 valence electrons. The molecule has 0 atom stereocenters. The van der Waals surface area contributed by atoms with Crippen LogP contribution in [0.1, 0.15) is 13.8 Å². The second kappa shape index (κ2) is 8.31. The van der Waals surface area contributed by atoms with E-state index in [1.165, 1.54) is 16.4 Å². The lowest BCUT2D eigenvalue weighted by atomic mass is 10.1. The average molecular weight is 434 g/mol. The van der Waals surface area contributed by atoms with Crippen molar-refractivity contribution in [3.05, 3.63) is 77.3 Å². The number of hydrogen-bond acceptors (Lipinski definition) is 4. The molecule has 8 heteroatoms. The third-order valence-electron chi connectivity index (χ3n) is 3.95. The Kier molecular flexibility index (Phi) is 6.03. The van der Waals surface area contributed by atoms with Crippen molar-refractivity contribution in [3.63, 3.8) is 0 Å². The van der Waals surface area contributed by atoms with Gasteiger partial charge < -0.3 is 0 Å². The molecule has 0 aliphatic rings. The molecular formula is C20H17Cl2N3O2S. The van der Waals surface area contributed by atoms with E-state index < -0.39 is 10.0 Å². The molecule has 2 heterocycles. The highest BCUT2D eigenvalue weighted by atomic mass is 35.5. The molecule has 4 aromatic rings. The fourth-order valence-corrected chi connectivity index (χ4v) is 4.49. The number of aromatic nitrogens is 3. The maximum Gasteiger partial charge on any atom is 0.268 e. The van der Waals surface area contributed by atoms with Crippen LogP contribution in [0.3, 0.4) is 0 Å². The van der Waals surface area contributed by atoms with E-state index in [2.05, 4.69) is 9.97 Å². The van der Waals surface area contributed by atoms with Gasteiger partial charge in [0, 0.05) is 17.1 Å². The number of fused-ring (bicyclic) bond motifs is 1. The minimum atomic E-state index is -3.78. The van der Waals surface area contributed by atoms with Gasteiger partial charge in [0.1, 0.15) is 0 Å². The summed E-state index contributed by atoms with van der Waals surface area (Å²) in [5.74, 6) is 0. The van der Waals surface area contributed by atoms with Gasteiger partial charge in [0.25, 0.3) is 10.0 Å². The Hall–Kier alpha value is -2.41.